The molecule has 0 heterocycles. The molecule has 1 aliphatic rings. The Morgan fingerprint density at radius 3 is 2.38 bits per heavy atom. The molecule has 1 N–H and O–H groups in total. The second-order valence-electron chi connectivity index (χ2n) is 4.56. The Morgan fingerprint density at radius 1 is 1.38 bits per heavy atom. The van der Waals surface area contributed by atoms with Crippen LogP contribution in [-0.4, -0.2) is 36.1 Å². The Balaban J connectivity index is 2.78. The van der Waals surface area contributed by atoms with Crippen LogP contribution in [0.25, 0.3) is 0 Å². The smallest absolute Gasteiger partial charge is 0.242 e. The Bertz CT molecular complexity index is 275. The van der Waals surface area contributed by atoms with Crippen LogP contribution >= 0.6 is 0 Å². The van der Waals surface area contributed by atoms with Gasteiger partial charge in [0.25, 0.3) is 0 Å². The van der Waals surface area contributed by atoms with Crippen LogP contribution < -0.4 is 0 Å². The van der Waals surface area contributed by atoms with Crippen molar-refractivity contribution in [3.05, 3.63) is 0 Å². The van der Waals surface area contributed by atoms with Crippen LogP contribution in [0.5, 0.6) is 0 Å². The van der Waals surface area contributed by atoms with Gasteiger partial charge in [0.15, 0.2) is 0 Å². The molecule has 1 saturated carbocycles. The molecule has 0 atom stereocenters. The number of carbonyl (C=O) groups excluding carboxylic acids is 1. The van der Waals surface area contributed by atoms with Crippen molar-refractivity contribution in [1.29, 1.82) is 5.26 Å². The summed E-state index contributed by atoms with van der Waals surface area (Å²) in [5, 5.41) is 18.1. The molecule has 4 heteroatoms. The van der Waals surface area contributed by atoms with Gasteiger partial charge in [-0.15, -0.1) is 0 Å². The van der Waals surface area contributed by atoms with Crippen molar-refractivity contribution in [3.8, 4) is 6.07 Å². The molecule has 0 aromatic heterocycles. The number of aliphatic hydroxyl groups excluding tert-OH is 1. The van der Waals surface area contributed by atoms with Gasteiger partial charge in [-0.1, -0.05) is 25.7 Å². The summed E-state index contributed by atoms with van der Waals surface area (Å²) >= 11 is 0. The highest BCUT2D eigenvalue weighted by atomic mass is 16.3. The fraction of sp³-hybridized carbons (Fsp3) is 0.833. The van der Waals surface area contributed by atoms with Crippen molar-refractivity contribution >= 4 is 5.91 Å². The average molecular weight is 224 g/mol. The van der Waals surface area contributed by atoms with E-state index in [1.165, 1.54) is 4.90 Å². The maximum atomic E-state index is 12.2. The number of aliphatic hydroxyl groups is 1. The van der Waals surface area contributed by atoms with E-state index >= 15 is 0 Å². The van der Waals surface area contributed by atoms with E-state index in [1.54, 1.807) is 7.05 Å². The zero-order valence-electron chi connectivity index (χ0n) is 9.91. The van der Waals surface area contributed by atoms with Crippen LogP contribution in [0.3, 0.4) is 0 Å². The number of carbonyl (C=O) groups is 1. The predicted molar refractivity (Wildman–Crippen MR) is 60.5 cm³/mol. The first kappa shape index (κ1) is 13.0. The molecule has 0 unspecified atom stereocenters. The van der Waals surface area contributed by atoms with Crippen molar-refractivity contribution in [2.24, 2.45) is 5.41 Å². The molecule has 1 amide bonds. The van der Waals surface area contributed by atoms with Crippen molar-refractivity contribution in [3.63, 3.8) is 0 Å². The molecule has 0 spiro atoms. The minimum atomic E-state index is -0.833. The monoisotopic (exact) mass is 224 g/mol. The van der Waals surface area contributed by atoms with E-state index < -0.39 is 5.41 Å². The lowest BCUT2D eigenvalue weighted by Crippen LogP contribution is -2.42. The molecule has 4 nitrogen and oxygen atoms in total. The summed E-state index contributed by atoms with van der Waals surface area (Å²) in [5.41, 5.74) is -0.833. The first-order valence-corrected chi connectivity index (χ1v) is 5.94. The van der Waals surface area contributed by atoms with Crippen LogP contribution in [0.2, 0.25) is 0 Å². The highest BCUT2D eigenvalue weighted by Gasteiger charge is 2.40. The first-order chi connectivity index (χ1) is 7.66. The Hall–Kier alpha value is -1.08. The predicted octanol–water partition coefficient (Wildman–Crippen LogP) is 1.30. The normalized spacial score (nSPS) is 19.6. The topological polar surface area (TPSA) is 64.3 Å². The van der Waals surface area contributed by atoms with Crippen molar-refractivity contribution in [1.82, 2.24) is 4.90 Å². The summed E-state index contributed by atoms with van der Waals surface area (Å²) < 4.78 is 0. The Kier molecular flexibility index (Phi) is 4.75. The molecule has 1 fully saturated rings. The zero-order chi connectivity index (χ0) is 12.0. The molecule has 0 aromatic carbocycles. The van der Waals surface area contributed by atoms with Crippen LogP contribution in [-0.2, 0) is 4.79 Å². The standard InChI is InChI=1S/C12H20N2O2/c1-14(8-9-15)11(16)12(10-13)6-4-2-3-5-7-12/h15H,2-9H2,1H3. The fourth-order valence-corrected chi connectivity index (χ4v) is 2.32. The summed E-state index contributed by atoms with van der Waals surface area (Å²) in [4.78, 5) is 13.7. The third-order valence-corrected chi connectivity index (χ3v) is 3.36. The minimum absolute atomic E-state index is 0.0518. The van der Waals surface area contributed by atoms with Gasteiger partial charge >= 0.3 is 0 Å². The highest BCUT2D eigenvalue weighted by Crippen LogP contribution is 2.35. The highest BCUT2D eigenvalue weighted by molar-refractivity contribution is 5.85. The summed E-state index contributed by atoms with van der Waals surface area (Å²) in [5.74, 6) is -0.119. The number of nitriles is 1. The minimum Gasteiger partial charge on any atom is -0.395 e. The van der Waals surface area contributed by atoms with E-state index in [1.807, 2.05) is 0 Å². The maximum Gasteiger partial charge on any atom is 0.242 e. The second-order valence-corrected chi connectivity index (χ2v) is 4.56. The van der Waals surface area contributed by atoms with E-state index in [2.05, 4.69) is 6.07 Å². The van der Waals surface area contributed by atoms with E-state index in [-0.39, 0.29) is 12.5 Å². The largest absolute Gasteiger partial charge is 0.395 e. The van der Waals surface area contributed by atoms with Gasteiger partial charge in [0.05, 0.1) is 12.7 Å². The molecule has 0 bridgehead atoms. The second kappa shape index (κ2) is 5.86. The van der Waals surface area contributed by atoms with Crippen molar-refractivity contribution in [2.45, 2.75) is 38.5 Å². The quantitative estimate of drug-likeness (QED) is 0.735. The number of rotatable bonds is 3. The molecule has 0 radical (unpaired) electrons. The first-order valence-electron chi connectivity index (χ1n) is 5.94. The van der Waals surface area contributed by atoms with Gasteiger partial charge in [-0.2, -0.15) is 5.26 Å². The van der Waals surface area contributed by atoms with Crippen molar-refractivity contribution < 1.29 is 9.90 Å². The average Bonchev–Trinajstić information content (AvgIpc) is 2.54. The zero-order valence-corrected chi connectivity index (χ0v) is 9.91. The van der Waals surface area contributed by atoms with Crippen molar-refractivity contribution in [2.75, 3.05) is 20.2 Å². The number of likely N-dealkylation sites (N-methyl/N-ethyl adjacent to an activating group) is 1. The Labute approximate surface area is 96.9 Å². The number of amides is 1. The van der Waals surface area contributed by atoms with E-state index in [4.69, 9.17) is 5.11 Å². The summed E-state index contributed by atoms with van der Waals surface area (Å²) in [6, 6.07) is 2.22. The van der Waals surface area contributed by atoms with Gasteiger partial charge in [0, 0.05) is 13.6 Å². The number of hydrogen-bond acceptors (Lipinski definition) is 3. The lowest BCUT2D eigenvalue weighted by molar-refractivity contribution is -0.138. The van der Waals surface area contributed by atoms with Crippen LogP contribution in [0.1, 0.15) is 38.5 Å². The Morgan fingerprint density at radius 2 is 1.94 bits per heavy atom. The van der Waals surface area contributed by atoms with Gasteiger partial charge in [-0.05, 0) is 12.8 Å². The van der Waals surface area contributed by atoms with Gasteiger partial charge in [0.2, 0.25) is 5.91 Å². The molecule has 1 rings (SSSR count). The van der Waals surface area contributed by atoms with E-state index in [9.17, 15) is 10.1 Å². The van der Waals surface area contributed by atoms with Gasteiger partial charge in [-0.25, -0.2) is 0 Å². The van der Waals surface area contributed by atoms with Gasteiger partial charge in [0.1, 0.15) is 5.41 Å². The molecule has 0 aromatic rings. The third kappa shape index (κ3) is 2.73. The fourth-order valence-electron chi connectivity index (χ4n) is 2.32. The maximum absolute atomic E-state index is 12.2. The molecule has 16 heavy (non-hydrogen) atoms. The van der Waals surface area contributed by atoms with Crippen LogP contribution in [0.4, 0.5) is 0 Å². The van der Waals surface area contributed by atoms with Crippen LogP contribution in [0.15, 0.2) is 0 Å². The van der Waals surface area contributed by atoms with Gasteiger partial charge < -0.3 is 10.0 Å². The molecule has 90 valence electrons. The van der Waals surface area contributed by atoms with Gasteiger partial charge in [-0.3, -0.25) is 4.79 Å². The molecule has 0 aliphatic heterocycles. The van der Waals surface area contributed by atoms with Crippen LogP contribution in [0, 0.1) is 16.7 Å². The summed E-state index contributed by atoms with van der Waals surface area (Å²) in [6.45, 7) is 0.256. The summed E-state index contributed by atoms with van der Waals surface area (Å²) in [7, 11) is 1.66. The molecular weight excluding hydrogens is 204 g/mol. The molecule has 0 saturated heterocycles. The van der Waals surface area contributed by atoms with E-state index in [0.29, 0.717) is 19.4 Å². The molecule has 1 aliphatic carbocycles. The van der Waals surface area contributed by atoms with E-state index in [0.717, 1.165) is 25.7 Å². The SMILES string of the molecule is CN(CCO)C(=O)C1(C#N)CCCCCC1. The number of hydrogen-bond donors (Lipinski definition) is 1. The molecular formula is C12H20N2O2. The number of nitrogens with zero attached hydrogens (tertiary/aromatic N) is 2. The third-order valence-electron chi connectivity index (χ3n) is 3.36. The lowest BCUT2D eigenvalue weighted by atomic mass is 9.80. The lowest BCUT2D eigenvalue weighted by Gasteiger charge is -2.28. The summed E-state index contributed by atoms with van der Waals surface area (Å²) in [6.07, 6.45) is 5.45.